The number of phosphoric acid groups is 1. The van der Waals surface area contributed by atoms with Gasteiger partial charge in [-0.3, -0.25) is 4.57 Å². The molecule has 234 valence electrons. The highest BCUT2D eigenvalue weighted by Gasteiger charge is 2.23. The topological polar surface area (TPSA) is 130 Å². The van der Waals surface area contributed by atoms with E-state index in [1.54, 1.807) is 0 Å². The minimum Gasteiger partial charge on any atom is -0.756 e. The van der Waals surface area contributed by atoms with Crippen molar-refractivity contribution in [3.8, 4) is 11.5 Å². The van der Waals surface area contributed by atoms with Crippen LogP contribution in [-0.4, -0.2) is 83.2 Å². The average molecular weight is 1280 g/mol. The summed E-state index contributed by atoms with van der Waals surface area (Å²) in [5, 5.41) is 0. The Labute approximate surface area is 326 Å². The molecule has 42 heavy (non-hydrogen) atoms. The van der Waals surface area contributed by atoms with E-state index in [9.17, 15) is 19.0 Å². The lowest BCUT2D eigenvalue weighted by atomic mass is 10.3. The van der Waals surface area contributed by atoms with Gasteiger partial charge < -0.3 is 37.4 Å². The van der Waals surface area contributed by atoms with Gasteiger partial charge in [-0.25, -0.2) is 9.59 Å². The Morgan fingerprint density at radius 1 is 0.786 bits per heavy atom. The molecule has 2 aromatic rings. The molecule has 0 aliphatic carbocycles. The molecule has 2 rings (SSSR count). The van der Waals surface area contributed by atoms with Crippen LogP contribution in [0.3, 0.4) is 0 Å². The number of halogens is 6. The maximum absolute atomic E-state index is 12.6. The molecule has 0 radical (unpaired) electrons. The summed E-state index contributed by atoms with van der Waals surface area (Å²) in [5.41, 5.74) is 0. The molecule has 0 aliphatic rings. The van der Waals surface area contributed by atoms with E-state index < -0.39 is 52.3 Å². The van der Waals surface area contributed by atoms with Crippen molar-refractivity contribution in [3.05, 3.63) is 45.7 Å². The fourth-order valence-electron chi connectivity index (χ4n) is 2.80. The Morgan fingerprint density at radius 3 is 1.69 bits per heavy atom. The second kappa shape index (κ2) is 18.7. The van der Waals surface area contributed by atoms with Gasteiger partial charge in [-0.05, 0) is 160 Å². The second-order valence-corrected chi connectivity index (χ2v) is 17.9. The van der Waals surface area contributed by atoms with Crippen LogP contribution in [-0.2, 0) is 32.7 Å². The van der Waals surface area contributed by atoms with Crippen LogP contribution in [0.4, 0.5) is 0 Å². The number of esters is 2. The Bertz CT molecular complexity index is 1260. The van der Waals surface area contributed by atoms with Crippen LogP contribution in [0.1, 0.15) is 0 Å². The van der Waals surface area contributed by atoms with Gasteiger partial charge in [0.05, 0.1) is 42.0 Å². The Morgan fingerprint density at radius 2 is 1.24 bits per heavy atom. The fraction of sp³-hybridized carbons (Fsp3) is 0.417. The first-order valence-electron chi connectivity index (χ1n) is 11.8. The maximum atomic E-state index is 12.6. The Kier molecular flexibility index (Phi) is 17.6. The van der Waals surface area contributed by atoms with E-state index >= 15 is 0 Å². The molecular weight excluding hydrogens is 1250 g/mol. The molecule has 0 bridgehead atoms. The van der Waals surface area contributed by atoms with E-state index in [0.717, 1.165) is 21.4 Å². The molecule has 0 spiro atoms. The molecule has 0 heterocycles. The zero-order chi connectivity index (χ0) is 31.7. The summed E-state index contributed by atoms with van der Waals surface area (Å²) in [4.78, 5) is 37.3. The van der Waals surface area contributed by atoms with Crippen molar-refractivity contribution >= 4 is 155 Å². The first-order valence-corrected chi connectivity index (χ1v) is 19.7. The van der Waals surface area contributed by atoms with E-state index in [1.807, 2.05) is 45.4 Å². The third kappa shape index (κ3) is 15.3. The summed E-state index contributed by atoms with van der Waals surface area (Å²) < 4.78 is 49.8. The molecule has 0 aromatic heterocycles. The van der Waals surface area contributed by atoms with E-state index in [4.69, 9.17) is 28.0 Å². The van der Waals surface area contributed by atoms with Crippen LogP contribution in [0.15, 0.2) is 24.3 Å². The number of rotatable bonds is 16. The van der Waals surface area contributed by atoms with Crippen LogP contribution >= 0.6 is 143 Å². The van der Waals surface area contributed by atoms with Crippen molar-refractivity contribution in [1.29, 1.82) is 0 Å². The lowest BCUT2D eigenvalue weighted by Crippen LogP contribution is -2.37. The number of ether oxygens (including phenoxy) is 4. The predicted molar refractivity (Wildman–Crippen MR) is 203 cm³/mol. The highest BCUT2D eigenvalue weighted by molar-refractivity contribution is 14.1. The van der Waals surface area contributed by atoms with Gasteiger partial charge >= 0.3 is 11.9 Å². The van der Waals surface area contributed by atoms with Gasteiger partial charge in [0.1, 0.15) is 31.3 Å². The number of phosphoric ester groups is 1. The molecule has 0 aliphatic heterocycles. The Hall–Kier alpha value is 1.43. The number of carbonyl (C=O) groups is 2. The number of carbonyl (C=O) groups excluding carboxylic acids is 2. The van der Waals surface area contributed by atoms with Crippen molar-refractivity contribution in [1.82, 2.24) is 0 Å². The predicted octanol–water partition coefficient (Wildman–Crippen LogP) is 5.43. The summed E-state index contributed by atoms with van der Waals surface area (Å²) >= 11 is 12.8. The fourth-order valence-corrected chi connectivity index (χ4v) is 11.3. The van der Waals surface area contributed by atoms with E-state index in [2.05, 4.69) is 136 Å². The average Bonchev–Trinajstić information content (AvgIpc) is 2.83. The molecule has 18 heteroatoms. The minimum atomic E-state index is -4.72. The van der Waals surface area contributed by atoms with Gasteiger partial charge in [0.2, 0.25) is 0 Å². The molecule has 11 nitrogen and oxygen atoms in total. The highest BCUT2D eigenvalue weighted by atomic mass is 127. The molecule has 0 saturated carbocycles. The third-order valence-corrected chi connectivity index (χ3v) is 10.2. The first-order chi connectivity index (χ1) is 19.5. The normalized spacial score (nSPS) is 13.7. The summed E-state index contributed by atoms with van der Waals surface area (Å²) in [6.45, 7) is -1.66. The van der Waals surface area contributed by atoms with Gasteiger partial charge in [0.15, 0.2) is 19.3 Å². The summed E-state index contributed by atoms with van der Waals surface area (Å²) in [6.07, 6.45) is -1.26. The van der Waals surface area contributed by atoms with Gasteiger partial charge in [0.25, 0.3) is 7.82 Å². The van der Waals surface area contributed by atoms with E-state index in [-0.39, 0.29) is 6.61 Å². The molecule has 0 saturated heterocycles. The van der Waals surface area contributed by atoms with Gasteiger partial charge in [-0.2, -0.15) is 0 Å². The summed E-state index contributed by atoms with van der Waals surface area (Å²) in [5.74, 6) is -0.504. The maximum Gasteiger partial charge on any atom is 0.344 e. The molecule has 0 fully saturated rings. The van der Waals surface area contributed by atoms with Crippen molar-refractivity contribution in [2.75, 3.05) is 60.7 Å². The second-order valence-electron chi connectivity index (χ2n) is 9.36. The smallest absolute Gasteiger partial charge is 0.344 e. The molecule has 1 unspecified atom stereocenters. The number of hydrogen-bond acceptors (Lipinski definition) is 10. The lowest BCUT2D eigenvalue weighted by Gasteiger charge is -2.28. The number of nitrogens with zero attached hydrogens (tertiary/aromatic N) is 1. The quantitative estimate of drug-likeness (QED) is 0.0929. The zero-order valence-electron chi connectivity index (χ0n) is 22.4. The molecule has 0 amide bonds. The van der Waals surface area contributed by atoms with Gasteiger partial charge in [-0.1, -0.05) is 0 Å². The van der Waals surface area contributed by atoms with Gasteiger partial charge in [0, 0.05) is 7.14 Å². The third-order valence-electron chi connectivity index (χ3n) is 4.75. The molecule has 2 aromatic carbocycles. The first kappa shape index (κ1) is 39.6. The number of benzene rings is 2. The van der Waals surface area contributed by atoms with Crippen LogP contribution in [0.2, 0.25) is 0 Å². The largest absolute Gasteiger partial charge is 0.756 e. The standard InChI is InChI=1S/C24H26I6NO10P/c1-31(2,3)4-5-39-42(34,35)40-11-16(41-22(33)13-38-24-19(29)8-15(26)9-20(24)30)10-36-21(32)12-37-23-17(27)6-14(25)7-18(23)28/h6-9,16H,4-5,10-13H2,1-3H3/t16-/m1/s1. The minimum absolute atomic E-state index is 0.0989. The monoisotopic (exact) mass is 1280 g/mol. The molecule has 0 N–H and O–H groups in total. The molecular formula is C24H26I6NO10P. The van der Waals surface area contributed by atoms with Crippen LogP contribution in [0.25, 0.3) is 0 Å². The van der Waals surface area contributed by atoms with Gasteiger partial charge in [-0.15, -0.1) is 0 Å². The number of likely N-dealkylation sites (N-methyl/N-ethyl adjacent to an activating group) is 1. The Balaban J connectivity index is 2.01. The van der Waals surface area contributed by atoms with Crippen molar-refractivity contribution in [2.24, 2.45) is 0 Å². The zero-order valence-corrected chi connectivity index (χ0v) is 36.2. The van der Waals surface area contributed by atoms with Crippen molar-refractivity contribution in [3.63, 3.8) is 0 Å². The van der Waals surface area contributed by atoms with Crippen LogP contribution in [0, 0.1) is 21.4 Å². The molecule has 2 atom stereocenters. The van der Waals surface area contributed by atoms with E-state index in [0.29, 0.717) is 22.5 Å². The van der Waals surface area contributed by atoms with Crippen molar-refractivity contribution in [2.45, 2.75) is 6.10 Å². The van der Waals surface area contributed by atoms with Crippen LogP contribution in [0.5, 0.6) is 11.5 Å². The number of hydrogen-bond donors (Lipinski definition) is 0. The SMILES string of the molecule is C[N+](C)(C)CCOP(=O)([O-])OC[C@@H](COC(=O)COc1c(I)cc(I)cc1I)OC(=O)COc1c(I)cc(I)cc1I. The van der Waals surface area contributed by atoms with E-state index in [1.165, 1.54) is 0 Å². The van der Waals surface area contributed by atoms with Crippen molar-refractivity contribution < 1.29 is 51.5 Å². The number of quaternary nitrogens is 1. The summed E-state index contributed by atoms with van der Waals surface area (Å²) in [6, 6.07) is 7.59. The lowest BCUT2D eigenvalue weighted by molar-refractivity contribution is -0.870. The highest BCUT2D eigenvalue weighted by Crippen LogP contribution is 2.38. The van der Waals surface area contributed by atoms with Crippen LogP contribution < -0.4 is 14.4 Å². The summed E-state index contributed by atoms with van der Waals surface area (Å²) in [7, 11) is 0.924.